The SMILES string of the molecule is CCCCn1nc2ccccc2n1.O=CP. The Morgan fingerprint density at radius 3 is 2.25 bits per heavy atom. The number of carbonyl (C=O) groups excluding carboxylic acids is 1. The van der Waals surface area contributed by atoms with Crippen LogP contribution in [0.1, 0.15) is 19.8 Å². The Morgan fingerprint density at radius 1 is 1.31 bits per heavy atom. The lowest BCUT2D eigenvalue weighted by Crippen LogP contribution is -2.01. The second-order valence-electron chi connectivity index (χ2n) is 3.27. The number of hydrogen-bond donors (Lipinski definition) is 0. The van der Waals surface area contributed by atoms with Crippen LogP contribution in [0.25, 0.3) is 11.0 Å². The summed E-state index contributed by atoms with van der Waals surface area (Å²) in [4.78, 5) is 10.6. The fourth-order valence-electron chi connectivity index (χ4n) is 1.30. The van der Waals surface area contributed by atoms with Crippen molar-refractivity contribution >= 4 is 26.3 Å². The van der Waals surface area contributed by atoms with E-state index in [1.54, 1.807) is 4.80 Å². The van der Waals surface area contributed by atoms with E-state index in [4.69, 9.17) is 4.79 Å². The molecule has 1 atom stereocenters. The van der Waals surface area contributed by atoms with Crippen LogP contribution in [-0.4, -0.2) is 21.0 Å². The summed E-state index contributed by atoms with van der Waals surface area (Å²) >= 11 is 0. The fourth-order valence-corrected chi connectivity index (χ4v) is 1.30. The number of fused-ring (bicyclic) bond motifs is 1. The van der Waals surface area contributed by atoms with Gasteiger partial charge in [-0.25, -0.2) is 0 Å². The van der Waals surface area contributed by atoms with Crippen LogP contribution in [0.15, 0.2) is 24.3 Å². The van der Waals surface area contributed by atoms with Gasteiger partial charge in [0.25, 0.3) is 0 Å². The van der Waals surface area contributed by atoms with Crippen molar-refractivity contribution in [3.63, 3.8) is 0 Å². The van der Waals surface area contributed by atoms with Gasteiger partial charge in [0.15, 0.2) is 0 Å². The molecule has 1 unspecified atom stereocenters. The van der Waals surface area contributed by atoms with E-state index in [9.17, 15) is 0 Å². The molecule has 1 aromatic carbocycles. The molecule has 5 heteroatoms. The molecular weight excluding hydrogens is 221 g/mol. The summed E-state index contributed by atoms with van der Waals surface area (Å²) in [6, 6.07) is 8.62. The maximum absolute atomic E-state index is 8.77. The van der Waals surface area contributed by atoms with Gasteiger partial charge in [-0.15, -0.1) is 0 Å². The van der Waals surface area contributed by atoms with Crippen molar-refractivity contribution in [1.82, 2.24) is 15.0 Å². The molecule has 0 saturated heterocycles. The third-order valence-corrected chi connectivity index (χ3v) is 2.04. The zero-order valence-corrected chi connectivity index (χ0v) is 10.5. The Morgan fingerprint density at radius 2 is 1.81 bits per heavy atom. The number of aryl methyl sites for hydroxylation is 1. The number of hydrogen-bond acceptors (Lipinski definition) is 3. The second kappa shape index (κ2) is 7.07. The van der Waals surface area contributed by atoms with Crippen LogP contribution < -0.4 is 0 Å². The summed E-state index contributed by atoms with van der Waals surface area (Å²) in [5, 5.41) is 8.71. The Kier molecular flexibility index (Phi) is 5.65. The lowest BCUT2D eigenvalue weighted by Gasteiger charge is -1.94. The largest absolute Gasteiger partial charge is 0.299 e. The van der Waals surface area contributed by atoms with Gasteiger partial charge >= 0.3 is 0 Å². The number of aromatic nitrogens is 3. The third kappa shape index (κ3) is 3.70. The molecule has 0 aliphatic rings. The highest BCUT2D eigenvalue weighted by molar-refractivity contribution is 7.36. The van der Waals surface area contributed by atoms with Gasteiger partial charge in [0.1, 0.15) is 17.1 Å². The quantitative estimate of drug-likeness (QED) is 0.607. The van der Waals surface area contributed by atoms with E-state index in [2.05, 4.69) is 17.1 Å². The van der Waals surface area contributed by atoms with E-state index in [0.29, 0.717) is 6.03 Å². The Labute approximate surface area is 97.2 Å². The number of unbranched alkanes of at least 4 members (excludes halogenated alkanes) is 1. The van der Waals surface area contributed by atoms with Crippen molar-refractivity contribution in [3.8, 4) is 0 Å². The molecule has 0 aliphatic heterocycles. The molecular formula is C11H16N3OP. The first-order valence-electron chi connectivity index (χ1n) is 5.27. The van der Waals surface area contributed by atoms with Gasteiger partial charge in [0.05, 0.1) is 6.54 Å². The maximum atomic E-state index is 8.77. The zero-order chi connectivity index (χ0) is 11.8. The standard InChI is InChI=1S/C10H13N3.CH3OP/c1-2-3-8-13-11-9-6-4-5-7-10(9)12-13;2-1-3/h4-7H,2-3,8H2,1H3;1H,3H2. The van der Waals surface area contributed by atoms with Crippen molar-refractivity contribution in [2.45, 2.75) is 26.3 Å². The number of carbonyl (C=O) groups is 1. The van der Waals surface area contributed by atoms with Gasteiger partial charge in [-0.2, -0.15) is 15.0 Å². The van der Waals surface area contributed by atoms with Crippen LogP contribution in [0.3, 0.4) is 0 Å². The average molecular weight is 237 g/mol. The maximum Gasteiger partial charge on any atom is 0.135 e. The number of benzene rings is 1. The fraction of sp³-hybridized carbons (Fsp3) is 0.364. The summed E-state index contributed by atoms with van der Waals surface area (Å²) in [6.45, 7) is 3.09. The van der Waals surface area contributed by atoms with Crippen LogP contribution >= 0.6 is 9.24 Å². The summed E-state index contributed by atoms with van der Waals surface area (Å²) in [5.41, 5.74) is 1.97. The van der Waals surface area contributed by atoms with Gasteiger partial charge in [0.2, 0.25) is 0 Å². The lowest BCUT2D eigenvalue weighted by atomic mass is 10.3. The minimum absolute atomic E-state index is 0.667. The van der Waals surface area contributed by atoms with Crippen LogP contribution in [0.4, 0.5) is 0 Å². The van der Waals surface area contributed by atoms with Crippen molar-refractivity contribution in [3.05, 3.63) is 24.3 Å². The first-order valence-corrected chi connectivity index (χ1v) is 5.93. The normalized spacial score (nSPS) is 9.62. The predicted molar refractivity (Wildman–Crippen MR) is 68.9 cm³/mol. The first kappa shape index (κ1) is 12.8. The molecule has 2 rings (SSSR count). The minimum atomic E-state index is 0.667. The van der Waals surface area contributed by atoms with Crippen molar-refractivity contribution in [1.29, 1.82) is 0 Å². The first-order chi connectivity index (χ1) is 7.81. The monoisotopic (exact) mass is 237 g/mol. The Balaban J connectivity index is 0.000000386. The van der Waals surface area contributed by atoms with Crippen LogP contribution in [0.2, 0.25) is 0 Å². The summed E-state index contributed by atoms with van der Waals surface area (Å²) < 4.78 is 0. The molecule has 0 bridgehead atoms. The molecule has 0 spiro atoms. The molecule has 0 amide bonds. The summed E-state index contributed by atoms with van der Waals surface area (Å²) in [5.74, 6) is 0. The van der Waals surface area contributed by atoms with E-state index in [0.717, 1.165) is 24.0 Å². The Bertz CT molecular complexity index is 408. The van der Waals surface area contributed by atoms with E-state index in [1.807, 2.05) is 33.5 Å². The van der Waals surface area contributed by atoms with Gasteiger partial charge in [-0.3, -0.25) is 4.79 Å². The third-order valence-electron chi connectivity index (χ3n) is 2.04. The molecule has 0 saturated carbocycles. The van der Waals surface area contributed by atoms with Crippen molar-refractivity contribution < 1.29 is 4.79 Å². The summed E-state index contributed by atoms with van der Waals surface area (Å²) in [7, 11) is 1.90. The molecule has 0 fully saturated rings. The molecule has 4 nitrogen and oxygen atoms in total. The van der Waals surface area contributed by atoms with E-state index in [1.165, 1.54) is 6.42 Å². The summed E-state index contributed by atoms with van der Waals surface area (Å²) in [6.07, 6.45) is 2.32. The van der Waals surface area contributed by atoms with Crippen LogP contribution in [-0.2, 0) is 11.3 Å². The molecule has 0 aliphatic carbocycles. The molecule has 1 aromatic heterocycles. The van der Waals surface area contributed by atoms with Crippen molar-refractivity contribution in [2.24, 2.45) is 0 Å². The van der Waals surface area contributed by atoms with E-state index < -0.39 is 0 Å². The van der Waals surface area contributed by atoms with Crippen LogP contribution in [0, 0.1) is 0 Å². The molecule has 2 aromatic rings. The molecule has 0 N–H and O–H groups in total. The number of rotatable bonds is 3. The van der Waals surface area contributed by atoms with E-state index >= 15 is 0 Å². The zero-order valence-electron chi connectivity index (χ0n) is 9.34. The highest BCUT2D eigenvalue weighted by Gasteiger charge is 1.99. The Hall–Kier alpha value is -1.28. The topological polar surface area (TPSA) is 47.8 Å². The molecule has 1 heterocycles. The van der Waals surface area contributed by atoms with Crippen molar-refractivity contribution in [2.75, 3.05) is 0 Å². The van der Waals surface area contributed by atoms with Gasteiger partial charge < -0.3 is 0 Å². The van der Waals surface area contributed by atoms with Gasteiger partial charge in [0, 0.05) is 0 Å². The smallest absolute Gasteiger partial charge is 0.135 e. The lowest BCUT2D eigenvalue weighted by molar-refractivity contribution is 0.514. The highest BCUT2D eigenvalue weighted by atomic mass is 31.0. The van der Waals surface area contributed by atoms with Gasteiger partial charge in [-0.1, -0.05) is 34.7 Å². The van der Waals surface area contributed by atoms with Gasteiger partial charge in [-0.05, 0) is 18.6 Å². The number of nitrogens with zero attached hydrogens (tertiary/aromatic N) is 3. The molecule has 86 valence electrons. The average Bonchev–Trinajstić information content (AvgIpc) is 2.70. The minimum Gasteiger partial charge on any atom is -0.299 e. The molecule has 16 heavy (non-hydrogen) atoms. The van der Waals surface area contributed by atoms with E-state index in [-0.39, 0.29) is 0 Å². The van der Waals surface area contributed by atoms with Crippen LogP contribution in [0.5, 0.6) is 0 Å². The highest BCUT2D eigenvalue weighted by Crippen LogP contribution is 2.07. The molecule has 0 radical (unpaired) electrons. The second-order valence-corrected chi connectivity index (χ2v) is 3.55. The predicted octanol–water partition coefficient (Wildman–Crippen LogP) is 2.28.